The van der Waals surface area contributed by atoms with Crippen LogP contribution in [0.5, 0.6) is 17.2 Å². The zero-order valence-electron chi connectivity index (χ0n) is 13.0. The van der Waals surface area contributed by atoms with Gasteiger partial charge in [0.1, 0.15) is 0 Å². The predicted molar refractivity (Wildman–Crippen MR) is 79.1 cm³/mol. The van der Waals surface area contributed by atoms with Crippen LogP contribution in [0.2, 0.25) is 0 Å². The van der Waals surface area contributed by atoms with Crippen LogP contribution in [0, 0.1) is 5.92 Å². The standard InChI is InChI=1S/C16H24O4/c1-6-18-13-9-12(15(17)11(4)5)10-14(19-7-2)16(13)20-8-3/h9-11H,6-8H2,1-5H3. The number of hydrogen-bond acceptors (Lipinski definition) is 4. The molecule has 4 heteroatoms. The van der Waals surface area contributed by atoms with E-state index in [1.165, 1.54) is 0 Å². The summed E-state index contributed by atoms with van der Waals surface area (Å²) in [5.41, 5.74) is 0.593. The van der Waals surface area contributed by atoms with Crippen LogP contribution in [0.3, 0.4) is 0 Å². The van der Waals surface area contributed by atoms with E-state index in [-0.39, 0.29) is 11.7 Å². The number of carbonyl (C=O) groups is 1. The molecule has 0 unspecified atom stereocenters. The third-order valence-electron chi connectivity index (χ3n) is 2.72. The Hall–Kier alpha value is -1.71. The molecule has 1 aromatic rings. The molecule has 4 nitrogen and oxygen atoms in total. The quantitative estimate of drug-likeness (QED) is 0.681. The van der Waals surface area contributed by atoms with E-state index < -0.39 is 0 Å². The van der Waals surface area contributed by atoms with Gasteiger partial charge in [-0.2, -0.15) is 0 Å². The Kier molecular flexibility index (Phi) is 6.36. The van der Waals surface area contributed by atoms with E-state index in [0.717, 1.165) is 0 Å². The Labute approximate surface area is 121 Å². The first-order valence-electron chi connectivity index (χ1n) is 7.15. The highest BCUT2D eigenvalue weighted by atomic mass is 16.5. The van der Waals surface area contributed by atoms with Crippen molar-refractivity contribution < 1.29 is 19.0 Å². The van der Waals surface area contributed by atoms with Crippen molar-refractivity contribution in [3.05, 3.63) is 17.7 Å². The van der Waals surface area contributed by atoms with E-state index in [4.69, 9.17) is 14.2 Å². The summed E-state index contributed by atoms with van der Waals surface area (Å²) in [6, 6.07) is 3.47. The first-order valence-corrected chi connectivity index (χ1v) is 7.15. The fourth-order valence-electron chi connectivity index (χ4n) is 1.86. The maximum atomic E-state index is 12.2. The first-order chi connectivity index (χ1) is 9.54. The van der Waals surface area contributed by atoms with Crippen LogP contribution in [0.25, 0.3) is 0 Å². The van der Waals surface area contributed by atoms with Gasteiger partial charge in [0.2, 0.25) is 5.75 Å². The largest absolute Gasteiger partial charge is 0.490 e. The van der Waals surface area contributed by atoms with Gasteiger partial charge in [0.05, 0.1) is 19.8 Å². The van der Waals surface area contributed by atoms with E-state index in [0.29, 0.717) is 42.6 Å². The average molecular weight is 280 g/mol. The second kappa shape index (κ2) is 7.78. The average Bonchev–Trinajstić information content (AvgIpc) is 2.41. The molecular formula is C16H24O4. The summed E-state index contributed by atoms with van der Waals surface area (Å²) in [5, 5.41) is 0. The third-order valence-corrected chi connectivity index (χ3v) is 2.72. The van der Waals surface area contributed by atoms with Gasteiger partial charge in [-0.15, -0.1) is 0 Å². The molecule has 1 rings (SSSR count). The van der Waals surface area contributed by atoms with E-state index >= 15 is 0 Å². The molecule has 20 heavy (non-hydrogen) atoms. The number of benzene rings is 1. The topological polar surface area (TPSA) is 44.8 Å². The fourth-order valence-corrected chi connectivity index (χ4v) is 1.86. The molecule has 0 fully saturated rings. The lowest BCUT2D eigenvalue weighted by atomic mass is 10.0. The van der Waals surface area contributed by atoms with E-state index in [9.17, 15) is 4.79 Å². The molecule has 0 bridgehead atoms. The highest BCUT2D eigenvalue weighted by Gasteiger charge is 2.19. The minimum absolute atomic E-state index is 0.0648. The molecule has 0 radical (unpaired) electrons. The third kappa shape index (κ3) is 3.89. The van der Waals surface area contributed by atoms with Gasteiger partial charge in [-0.25, -0.2) is 0 Å². The molecule has 0 heterocycles. The zero-order chi connectivity index (χ0) is 15.1. The minimum atomic E-state index is -0.0723. The Morgan fingerprint density at radius 3 is 1.75 bits per heavy atom. The van der Waals surface area contributed by atoms with Crippen molar-refractivity contribution in [2.75, 3.05) is 19.8 Å². The van der Waals surface area contributed by atoms with Gasteiger partial charge in [-0.05, 0) is 32.9 Å². The minimum Gasteiger partial charge on any atom is -0.490 e. The summed E-state index contributed by atoms with van der Waals surface area (Å²) in [5.74, 6) is 1.68. The normalized spacial score (nSPS) is 10.5. The van der Waals surface area contributed by atoms with Crippen molar-refractivity contribution >= 4 is 5.78 Å². The molecule has 0 atom stereocenters. The van der Waals surface area contributed by atoms with Crippen molar-refractivity contribution in [1.29, 1.82) is 0 Å². The second-order valence-electron chi connectivity index (χ2n) is 4.62. The van der Waals surface area contributed by atoms with E-state index in [1.807, 2.05) is 34.6 Å². The zero-order valence-corrected chi connectivity index (χ0v) is 13.0. The van der Waals surface area contributed by atoms with Crippen molar-refractivity contribution in [1.82, 2.24) is 0 Å². The van der Waals surface area contributed by atoms with Crippen molar-refractivity contribution in [3.63, 3.8) is 0 Å². The van der Waals surface area contributed by atoms with Crippen LogP contribution in [-0.2, 0) is 0 Å². The summed E-state index contributed by atoms with van der Waals surface area (Å²) in [6.45, 7) is 11.0. The molecular weight excluding hydrogens is 256 g/mol. The SMILES string of the molecule is CCOc1cc(C(=O)C(C)C)cc(OCC)c1OCC. The van der Waals surface area contributed by atoms with Gasteiger partial charge in [0, 0.05) is 11.5 Å². The first kappa shape index (κ1) is 16.3. The number of carbonyl (C=O) groups excluding carboxylic acids is 1. The summed E-state index contributed by atoms with van der Waals surface area (Å²) in [6.07, 6.45) is 0. The Morgan fingerprint density at radius 1 is 0.950 bits per heavy atom. The van der Waals surface area contributed by atoms with Gasteiger partial charge in [0.25, 0.3) is 0 Å². The molecule has 112 valence electrons. The van der Waals surface area contributed by atoms with E-state index in [2.05, 4.69) is 0 Å². The lowest BCUT2D eigenvalue weighted by Gasteiger charge is -2.17. The Bertz CT molecular complexity index is 425. The van der Waals surface area contributed by atoms with E-state index in [1.54, 1.807) is 12.1 Å². The van der Waals surface area contributed by atoms with Crippen LogP contribution >= 0.6 is 0 Å². The van der Waals surface area contributed by atoms with Gasteiger partial charge in [-0.3, -0.25) is 4.79 Å². The fraction of sp³-hybridized carbons (Fsp3) is 0.562. The Balaban J connectivity index is 3.32. The number of Topliss-reactive ketones (excluding diaryl/α,β-unsaturated/α-hetero) is 1. The van der Waals surface area contributed by atoms with Crippen molar-refractivity contribution in [3.8, 4) is 17.2 Å². The Morgan fingerprint density at radius 2 is 1.40 bits per heavy atom. The molecule has 0 N–H and O–H groups in total. The number of ketones is 1. The molecule has 0 saturated heterocycles. The number of hydrogen-bond donors (Lipinski definition) is 0. The maximum Gasteiger partial charge on any atom is 0.203 e. The van der Waals surface area contributed by atoms with Crippen LogP contribution in [0.1, 0.15) is 45.0 Å². The molecule has 1 aromatic carbocycles. The number of ether oxygens (including phenoxy) is 3. The van der Waals surface area contributed by atoms with Crippen molar-refractivity contribution in [2.45, 2.75) is 34.6 Å². The molecule has 0 aliphatic heterocycles. The maximum absolute atomic E-state index is 12.2. The molecule has 0 saturated carbocycles. The van der Waals surface area contributed by atoms with Crippen LogP contribution < -0.4 is 14.2 Å². The number of rotatable bonds is 8. The van der Waals surface area contributed by atoms with Crippen LogP contribution in [-0.4, -0.2) is 25.6 Å². The van der Waals surface area contributed by atoms with Gasteiger partial charge < -0.3 is 14.2 Å². The molecule has 0 aromatic heterocycles. The lowest BCUT2D eigenvalue weighted by molar-refractivity contribution is 0.0938. The van der Waals surface area contributed by atoms with Crippen molar-refractivity contribution in [2.24, 2.45) is 5.92 Å². The summed E-state index contributed by atoms with van der Waals surface area (Å²) >= 11 is 0. The second-order valence-corrected chi connectivity index (χ2v) is 4.62. The van der Waals surface area contributed by atoms with Gasteiger partial charge in [0.15, 0.2) is 17.3 Å². The summed E-state index contributed by atoms with van der Waals surface area (Å²) < 4.78 is 16.8. The lowest BCUT2D eigenvalue weighted by Crippen LogP contribution is -2.10. The summed E-state index contributed by atoms with van der Waals surface area (Å²) in [7, 11) is 0. The molecule has 0 aliphatic rings. The van der Waals surface area contributed by atoms with Gasteiger partial charge >= 0.3 is 0 Å². The smallest absolute Gasteiger partial charge is 0.203 e. The summed E-state index contributed by atoms with van der Waals surface area (Å²) in [4.78, 5) is 12.2. The van der Waals surface area contributed by atoms with Crippen LogP contribution in [0.15, 0.2) is 12.1 Å². The molecule has 0 amide bonds. The molecule has 0 spiro atoms. The predicted octanol–water partition coefficient (Wildman–Crippen LogP) is 3.72. The highest BCUT2D eigenvalue weighted by molar-refractivity contribution is 5.98. The van der Waals surface area contributed by atoms with Gasteiger partial charge in [-0.1, -0.05) is 13.8 Å². The monoisotopic (exact) mass is 280 g/mol. The molecule has 0 aliphatic carbocycles. The highest BCUT2D eigenvalue weighted by Crippen LogP contribution is 2.39. The van der Waals surface area contributed by atoms with Crippen LogP contribution in [0.4, 0.5) is 0 Å².